The molecule has 0 aromatic heterocycles. The molecule has 35 heavy (non-hydrogen) atoms. The van der Waals surface area contributed by atoms with Crippen molar-refractivity contribution in [2.75, 3.05) is 18.0 Å². The normalized spacial score (nSPS) is 19.5. The zero-order valence-electron chi connectivity index (χ0n) is 21.2. The lowest BCUT2D eigenvalue weighted by Gasteiger charge is -2.43. The quantitative estimate of drug-likeness (QED) is 0.301. The topological polar surface area (TPSA) is 21.7 Å². The molecule has 0 amide bonds. The second kappa shape index (κ2) is 10.2. The Kier molecular flexibility index (Phi) is 7.45. The van der Waals surface area contributed by atoms with Crippen LogP contribution in [-0.2, 0) is 14.8 Å². The molecule has 0 radical (unpaired) electrons. The summed E-state index contributed by atoms with van der Waals surface area (Å²) in [4.78, 5) is 1.93. The second-order valence-corrected chi connectivity index (χ2v) is 13.4. The van der Waals surface area contributed by atoms with Crippen molar-refractivity contribution in [3.63, 3.8) is 0 Å². The Morgan fingerprint density at radius 3 is 1.83 bits per heavy atom. The first kappa shape index (κ1) is 25.5. The van der Waals surface area contributed by atoms with Gasteiger partial charge in [0.2, 0.25) is 0 Å². The SMILES string of the molecule is C[C@@H]1CN(c2c(C(O[SiH2]C(C)(C)C)(c3ccccc3)c3ccccc3)ccc(F)c2F)C[C@H](C)O1. The molecule has 1 saturated heterocycles. The summed E-state index contributed by atoms with van der Waals surface area (Å²) < 4.78 is 43.6. The summed E-state index contributed by atoms with van der Waals surface area (Å²) in [6, 6.07) is 22.8. The van der Waals surface area contributed by atoms with Gasteiger partial charge in [-0.3, -0.25) is 0 Å². The summed E-state index contributed by atoms with van der Waals surface area (Å²) in [6.07, 6.45) is -0.219. The lowest BCUT2D eigenvalue weighted by molar-refractivity contribution is -0.00566. The minimum absolute atomic E-state index is 0.0183. The van der Waals surface area contributed by atoms with E-state index in [2.05, 4.69) is 20.8 Å². The molecule has 3 aromatic rings. The van der Waals surface area contributed by atoms with Crippen LogP contribution in [0.2, 0.25) is 5.04 Å². The van der Waals surface area contributed by atoms with Crippen LogP contribution in [0, 0.1) is 11.6 Å². The van der Waals surface area contributed by atoms with E-state index in [1.165, 1.54) is 6.07 Å². The molecule has 0 aliphatic carbocycles. The van der Waals surface area contributed by atoms with Crippen LogP contribution in [0.1, 0.15) is 51.3 Å². The molecule has 3 nitrogen and oxygen atoms in total. The number of morpholine rings is 1. The van der Waals surface area contributed by atoms with Gasteiger partial charge in [-0.25, -0.2) is 8.78 Å². The van der Waals surface area contributed by atoms with E-state index in [0.29, 0.717) is 18.7 Å². The van der Waals surface area contributed by atoms with Gasteiger partial charge in [0, 0.05) is 18.7 Å². The zero-order chi connectivity index (χ0) is 25.2. The molecule has 0 spiro atoms. The van der Waals surface area contributed by atoms with E-state index in [-0.39, 0.29) is 22.9 Å². The van der Waals surface area contributed by atoms with Crippen LogP contribution in [-0.4, -0.2) is 35.1 Å². The van der Waals surface area contributed by atoms with Crippen molar-refractivity contribution in [3.8, 4) is 0 Å². The standard InChI is InChI=1S/C29H35F2NO2Si/c1-20-18-32(19-21(2)33-20)27-24(16-17-25(30)26(27)31)29(34-35-28(3,4)5,22-12-8-6-9-13-22)23-14-10-7-11-15-23/h6-17,20-21H,18-19,35H2,1-5H3/t20-,21+. The Hall–Kier alpha value is -2.54. The molecule has 0 N–H and O–H groups in total. The lowest BCUT2D eigenvalue weighted by atomic mass is 9.79. The molecular weight excluding hydrogens is 460 g/mol. The Morgan fingerprint density at radius 2 is 1.34 bits per heavy atom. The van der Waals surface area contributed by atoms with E-state index >= 15 is 4.39 Å². The van der Waals surface area contributed by atoms with E-state index in [4.69, 9.17) is 9.16 Å². The first-order valence-electron chi connectivity index (χ1n) is 12.3. The predicted molar refractivity (Wildman–Crippen MR) is 141 cm³/mol. The highest BCUT2D eigenvalue weighted by molar-refractivity contribution is 6.32. The van der Waals surface area contributed by atoms with Crippen molar-refractivity contribution in [1.82, 2.24) is 0 Å². The molecule has 1 heterocycles. The lowest BCUT2D eigenvalue weighted by Crippen LogP contribution is -2.47. The van der Waals surface area contributed by atoms with Crippen LogP contribution < -0.4 is 4.90 Å². The van der Waals surface area contributed by atoms with Crippen molar-refractivity contribution < 1.29 is 17.9 Å². The largest absolute Gasteiger partial charge is 0.406 e. The van der Waals surface area contributed by atoms with Crippen molar-refractivity contribution in [3.05, 3.63) is 101 Å². The minimum Gasteiger partial charge on any atom is -0.406 e. The van der Waals surface area contributed by atoms with Crippen molar-refractivity contribution in [2.45, 2.75) is 57.5 Å². The van der Waals surface area contributed by atoms with E-state index in [1.807, 2.05) is 79.4 Å². The molecule has 2 atom stereocenters. The first-order valence-corrected chi connectivity index (χ1v) is 13.5. The number of benzene rings is 3. The van der Waals surface area contributed by atoms with Gasteiger partial charge in [0.15, 0.2) is 21.4 Å². The number of hydrogen-bond donors (Lipinski definition) is 0. The average molecular weight is 496 g/mol. The molecule has 1 aliphatic heterocycles. The number of hydrogen-bond acceptors (Lipinski definition) is 3. The maximum atomic E-state index is 15.8. The maximum absolute atomic E-state index is 15.8. The van der Waals surface area contributed by atoms with Gasteiger partial charge in [-0.05, 0) is 36.1 Å². The van der Waals surface area contributed by atoms with Gasteiger partial charge in [-0.2, -0.15) is 0 Å². The Bertz CT molecular complexity index is 1090. The highest BCUT2D eigenvalue weighted by Crippen LogP contribution is 2.47. The van der Waals surface area contributed by atoms with Gasteiger partial charge in [-0.1, -0.05) is 87.5 Å². The number of rotatable bonds is 6. The summed E-state index contributed by atoms with van der Waals surface area (Å²) in [6.45, 7) is 11.4. The maximum Gasteiger partial charge on any atom is 0.182 e. The fraction of sp³-hybridized carbons (Fsp3) is 0.379. The fourth-order valence-electron chi connectivity index (χ4n) is 4.89. The fourth-order valence-corrected chi connectivity index (χ4v) is 6.02. The molecule has 1 aliphatic rings. The van der Waals surface area contributed by atoms with E-state index in [0.717, 1.165) is 11.1 Å². The summed E-state index contributed by atoms with van der Waals surface area (Å²) in [7, 11) is -1.13. The molecule has 0 saturated carbocycles. The monoisotopic (exact) mass is 495 g/mol. The summed E-state index contributed by atoms with van der Waals surface area (Å²) in [5, 5.41) is -0.0183. The van der Waals surface area contributed by atoms with Crippen LogP contribution in [0.5, 0.6) is 0 Å². The van der Waals surface area contributed by atoms with E-state index < -0.39 is 27.0 Å². The van der Waals surface area contributed by atoms with Crippen molar-refractivity contribution in [1.29, 1.82) is 0 Å². The number of anilines is 1. The van der Waals surface area contributed by atoms with Gasteiger partial charge < -0.3 is 14.1 Å². The molecule has 0 unspecified atom stereocenters. The molecule has 186 valence electrons. The molecule has 6 heteroatoms. The van der Waals surface area contributed by atoms with Crippen LogP contribution in [0.3, 0.4) is 0 Å². The Labute approximate surface area is 210 Å². The van der Waals surface area contributed by atoms with Gasteiger partial charge >= 0.3 is 0 Å². The molecule has 4 rings (SSSR count). The van der Waals surface area contributed by atoms with Gasteiger partial charge in [0.1, 0.15) is 5.60 Å². The van der Waals surface area contributed by atoms with Crippen LogP contribution in [0.15, 0.2) is 72.8 Å². The van der Waals surface area contributed by atoms with E-state index in [1.54, 1.807) is 6.07 Å². The third-order valence-corrected chi connectivity index (χ3v) is 7.71. The Balaban J connectivity index is 2.04. The van der Waals surface area contributed by atoms with Gasteiger partial charge in [0.05, 0.1) is 17.9 Å². The second-order valence-electron chi connectivity index (χ2n) is 10.7. The Morgan fingerprint density at radius 1 is 0.829 bits per heavy atom. The molecular formula is C29H35F2NO2Si. The highest BCUT2D eigenvalue weighted by atomic mass is 28.2. The number of halogens is 2. The minimum atomic E-state index is -1.13. The van der Waals surface area contributed by atoms with Crippen LogP contribution in [0.25, 0.3) is 0 Å². The molecule has 0 bridgehead atoms. The third-order valence-electron chi connectivity index (χ3n) is 6.27. The van der Waals surface area contributed by atoms with Gasteiger partial charge in [0.25, 0.3) is 0 Å². The molecule has 1 fully saturated rings. The average Bonchev–Trinajstić information content (AvgIpc) is 2.82. The summed E-state index contributed by atoms with van der Waals surface area (Å²) >= 11 is 0. The predicted octanol–water partition coefficient (Wildman–Crippen LogP) is 6.19. The van der Waals surface area contributed by atoms with Crippen LogP contribution >= 0.6 is 0 Å². The highest BCUT2D eigenvalue weighted by Gasteiger charge is 2.43. The van der Waals surface area contributed by atoms with Crippen molar-refractivity contribution in [2.24, 2.45) is 0 Å². The third kappa shape index (κ3) is 5.35. The number of ether oxygens (including phenoxy) is 1. The zero-order valence-corrected chi connectivity index (χ0v) is 22.6. The summed E-state index contributed by atoms with van der Waals surface area (Å²) in [5.74, 6) is -1.71. The smallest absolute Gasteiger partial charge is 0.182 e. The van der Waals surface area contributed by atoms with Gasteiger partial charge in [-0.15, -0.1) is 0 Å². The number of nitrogens with zero attached hydrogens (tertiary/aromatic N) is 1. The summed E-state index contributed by atoms with van der Waals surface area (Å²) in [5.41, 5.74) is 1.57. The van der Waals surface area contributed by atoms with E-state index in [9.17, 15) is 4.39 Å². The first-order chi connectivity index (χ1) is 16.6. The van der Waals surface area contributed by atoms with Crippen molar-refractivity contribution >= 4 is 15.5 Å². The van der Waals surface area contributed by atoms with Crippen LogP contribution in [0.4, 0.5) is 14.5 Å². The molecule has 3 aromatic carbocycles.